The Morgan fingerprint density at radius 3 is 2.44 bits per heavy atom. The van der Waals surface area contributed by atoms with Gasteiger partial charge in [-0.2, -0.15) is 13.5 Å². The van der Waals surface area contributed by atoms with Crippen LogP contribution >= 0.6 is 0 Å². The van der Waals surface area contributed by atoms with Crippen LogP contribution in [0.1, 0.15) is 24.9 Å². The summed E-state index contributed by atoms with van der Waals surface area (Å²) in [5.41, 5.74) is 3.18. The first-order valence-electron chi connectivity index (χ1n) is 11.0. The second-order valence-electron chi connectivity index (χ2n) is 7.86. The lowest BCUT2D eigenvalue weighted by Gasteiger charge is -2.22. The van der Waals surface area contributed by atoms with Crippen molar-refractivity contribution in [2.45, 2.75) is 24.3 Å². The van der Waals surface area contributed by atoms with Crippen LogP contribution in [0.15, 0.2) is 107 Å². The fraction of sp³-hybridized carbons (Fsp3) is 0.115. The van der Waals surface area contributed by atoms with E-state index < -0.39 is 16.1 Å². The van der Waals surface area contributed by atoms with Crippen LogP contribution in [0.4, 0.5) is 0 Å². The summed E-state index contributed by atoms with van der Waals surface area (Å²) in [6.45, 7) is 1.95. The molecule has 170 valence electrons. The fourth-order valence-electron chi connectivity index (χ4n) is 4.12. The molecule has 0 saturated heterocycles. The maximum atomic E-state index is 12.9. The zero-order valence-electron chi connectivity index (χ0n) is 18.5. The van der Waals surface area contributed by atoms with Crippen LogP contribution in [0.25, 0.3) is 21.8 Å². The maximum absolute atomic E-state index is 12.9. The normalized spacial score (nSPS) is 13.3. The second kappa shape index (κ2) is 9.07. The molecule has 0 bridgehead atoms. The van der Waals surface area contributed by atoms with E-state index in [9.17, 15) is 8.42 Å². The van der Waals surface area contributed by atoms with Gasteiger partial charge in [-0.05, 0) is 47.0 Å². The number of hydrogen-bond donors (Lipinski definition) is 1. The summed E-state index contributed by atoms with van der Waals surface area (Å²) < 4.78 is 27.6. The molecule has 0 aliphatic rings. The predicted octanol–water partition coefficient (Wildman–Crippen LogP) is 4.92. The van der Waals surface area contributed by atoms with Gasteiger partial charge in [0, 0.05) is 0 Å². The number of para-hydroxylation sites is 1. The number of nitrogens with zero attached hydrogens (tertiary/aromatic N) is 4. The van der Waals surface area contributed by atoms with Gasteiger partial charge in [0.25, 0.3) is 10.0 Å². The molecule has 8 heteroatoms. The van der Waals surface area contributed by atoms with Gasteiger partial charge >= 0.3 is 0 Å². The average Bonchev–Trinajstić information content (AvgIpc) is 3.30. The van der Waals surface area contributed by atoms with Gasteiger partial charge in [-0.3, -0.25) is 0 Å². The molecule has 4 aromatic carbocycles. The SMILES string of the molecule is CC/C(=N/NS(=O)(=O)c1ccccc1)C(c1cccc2ccccc12)n1nnc2ccccc21. The number of aromatic nitrogens is 3. The zero-order valence-corrected chi connectivity index (χ0v) is 19.4. The molecule has 5 aromatic rings. The number of nitrogens with one attached hydrogen (secondary N) is 1. The molecular weight excluding hydrogens is 446 g/mol. The number of hydrazone groups is 1. The third-order valence-corrected chi connectivity index (χ3v) is 7.01. The molecule has 1 heterocycles. The summed E-state index contributed by atoms with van der Waals surface area (Å²) >= 11 is 0. The van der Waals surface area contributed by atoms with Crippen LogP contribution < -0.4 is 4.83 Å². The Morgan fingerprint density at radius 2 is 1.62 bits per heavy atom. The molecule has 1 atom stereocenters. The van der Waals surface area contributed by atoms with Gasteiger partial charge in [0.15, 0.2) is 0 Å². The van der Waals surface area contributed by atoms with Gasteiger partial charge < -0.3 is 0 Å². The molecule has 0 spiro atoms. The van der Waals surface area contributed by atoms with Gasteiger partial charge in [0.05, 0.1) is 16.1 Å². The van der Waals surface area contributed by atoms with Gasteiger partial charge in [0.1, 0.15) is 11.6 Å². The molecule has 34 heavy (non-hydrogen) atoms. The van der Waals surface area contributed by atoms with Crippen molar-refractivity contribution in [1.29, 1.82) is 0 Å². The third kappa shape index (κ3) is 4.04. The lowest BCUT2D eigenvalue weighted by Crippen LogP contribution is -2.27. The molecule has 1 aromatic heterocycles. The first kappa shape index (κ1) is 21.8. The highest BCUT2D eigenvalue weighted by molar-refractivity contribution is 7.89. The van der Waals surface area contributed by atoms with E-state index in [1.807, 2.05) is 60.1 Å². The molecule has 0 aliphatic heterocycles. The first-order valence-corrected chi connectivity index (χ1v) is 12.5. The number of sulfonamides is 1. The number of rotatable bonds is 7. The monoisotopic (exact) mass is 469 g/mol. The van der Waals surface area contributed by atoms with E-state index in [2.05, 4.69) is 38.4 Å². The Bertz CT molecular complexity index is 1590. The van der Waals surface area contributed by atoms with Crippen LogP contribution in [0, 0.1) is 0 Å². The Hall–Kier alpha value is -4.04. The van der Waals surface area contributed by atoms with Crippen LogP contribution in [-0.4, -0.2) is 29.1 Å². The summed E-state index contributed by atoms with van der Waals surface area (Å²) in [4.78, 5) is 2.59. The van der Waals surface area contributed by atoms with Gasteiger partial charge in [-0.1, -0.05) is 84.9 Å². The Labute approximate surface area is 197 Å². The minimum Gasteiger partial charge on any atom is -0.231 e. The molecule has 1 N–H and O–H groups in total. The first-order chi connectivity index (χ1) is 16.6. The molecule has 0 saturated carbocycles. The highest BCUT2D eigenvalue weighted by Gasteiger charge is 2.25. The Balaban J connectivity index is 1.68. The van der Waals surface area contributed by atoms with Gasteiger partial charge in [0.2, 0.25) is 0 Å². The predicted molar refractivity (Wildman–Crippen MR) is 134 cm³/mol. The summed E-state index contributed by atoms with van der Waals surface area (Å²) in [6.07, 6.45) is 0.499. The van der Waals surface area contributed by atoms with Crippen LogP contribution in [0.3, 0.4) is 0 Å². The number of hydrogen-bond acceptors (Lipinski definition) is 5. The third-order valence-electron chi connectivity index (χ3n) is 5.78. The smallest absolute Gasteiger partial charge is 0.231 e. The van der Waals surface area contributed by atoms with Crippen molar-refractivity contribution < 1.29 is 8.42 Å². The number of fused-ring (bicyclic) bond motifs is 2. The quantitative estimate of drug-likeness (QED) is 0.271. The average molecular weight is 470 g/mol. The highest BCUT2D eigenvalue weighted by atomic mass is 32.2. The molecule has 1 unspecified atom stereocenters. The summed E-state index contributed by atoms with van der Waals surface area (Å²) in [5, 5.41) is 15.3. The number of benzene rings is 4. The summed E-state index contributed by atoms with van der Waals surface area (Å²) in [5.74, 6) is 0. The van der Waals surface area contributed by atoms with Gasteiger partial charge in [-0.25, -0.2) is 9.51 Å². The Morgan fingerprint density at radius 1 is 0.912 bits per heavy atom. The van der Waals surface area contributed by atoms with Crippen LogP contribution in [0.2, 0.25) is 0 Å². The Kier molecular flexibility index (Phi) is 5.81. The van der Waals surface area contributed by atoms with Crippen LogP contribution in [0.5, 0.6) is 0 Å². The second-order valence-corrected chi connectivity index (χ2v) is 9.52. The van der Waals surface area contributed by atoms with Gasteiger partial charge in [-0.15, -0.1) is 5.10 Å². The van der Waals surface area contributed by atoms with Crippen molar-refractivity contribution in [3.63, 3.8) is 0 Å². The zero-order chi connectivity index (χ0) is 23.5. The van der Waals surface area contributed by atoms with E-state index in [-0.39, 0.29) is 4.90 Å². The van der Waals surface area contributed by atoms with E-state index in [0.717, 1.165) is 27.4 Å². The molecular formula is C26H23N5O2S. The summed E-state index contributed by atoms with van der Waals surface area (Å²) in [7, 11) is -3.82. The van der Waals surface area contributed by atoms with E-state index in [4.69, 9.17) is 0 Å². The van der Waals surface area contributed by atoms with E-state index in [0.29, 0.717) is 12.1 Å². The van der Waals surface area contributed by atoms with Crippen molar-refractivity contribution in [3.8, 4) is 0 Å². The van der Waals surface area contributed by atoms with E-state index in [1.54, 1.807) is 18.2 Å². The van der Waals surface area contributed by atoms with Crippen LogP contribution in [-0.2, 0) is 10.0 Å². The molecule has 0 radical (unpaired) electrons. The fourth-order valence-corrected chi connectivity index (χ4v) is 4.98. The van der Waals surface area contributed by atoms with Crippen molar-refractivity contribution in [2.75, 3.05) is 0 Å². The highest BCUT2D eigenvalue weighted by Crippen LogP contribution is 2.31. The van der Waals surface area contributed by atoms with Crippen molar-refractivity contribution >= 4 is 37.5 Å². The maximum Gasteiger partial charge on any atom is 0.276 e. The minimum atomic E-state index is -3.82. The van der Waals surface area contributed by atoms with Crippen molar-refractivity contribution in [1.82, 2.24) is 19.8 Å². The molecule has 0 aliphatic carbocycles. The van der Waals surface area contributed by atoms with Crippen molar-refractivity contribution in [3.05, 3.63) is 103 Å². The lowest BCUT2D eigenvalue weighted by molar-refractivity contribution is 0.582. The molecule has 5 rings (SSSR count). The topological polar surface area (TPSA) is 89.2 Å². The largest absolute Gasteiger partial charge is 0.276 e. The standard InChI is InChI=1S/C26H23N5O2S/c1-2-23(28-30-34(32,33)20-13-4-3-5-14-20)26(31-25-18-9-8-17-24(25)27-29-31)22-16-10-12-19-11-6-7-15-21(19)22/h3-18,26,30H,2H2,1H3/b28-23-. The van der Waals surface area contributed by atoms with E-state index in [1.165, 1.54) is 12.1 Å². The summed E-state index contributed by atoms with van der Waals surface area (Å²) in [6, 6.07) is 29.6. The van der Waals surface area contributed by atoms with Crippen molar-refractivity contribution in [2.24, 2.45) is 5.10 Å². The van der Waals surface area contributed by atoms with E-state index >= 15 is 0 Å². The molecule has 0 fully saturated rings. The lowest BCUT2D eigenvalue weighted by atomic mass is 9.94. The minimum absolute atomic E-state index is 0.155. The molecule has 0 amide bonds. The molecule has 7 nitrogen and oxygen atoms in total.